The zero-order valence-corrected chi connectivity index (χ0v) is 11.0. The number of hydrogen-bond acceptors (Lipinski definition) is 1. The average molecular weight is 273 g/mol. The van der Waals surface area contributed by atoms with Gasteiger partial charge in [-0.05, 0) is 41.7 Å². The van der Waals surface area contributed by atoms with Crippen molar-refractivity contribution in [2.75, 3.05) is 0 Å². The molecule has 0 aromatic heterocycles. The van der Waals surface area contributed by atoms with Gasteiger partial charge in [-0.3, -0.25) is 4.79 Å². The minimum absolute atomic E-state index is 0.626. The maximum atomic E-state index is 11.3. The summed E-state index contributed by atoms with van der Waals surface area (Å²) in [4.78, 5) is 11.3. The number of carbonyl (C=O) groups is 1. The van der Waals surface area contributed by atoms with Gasteiger partial charge in [0.05, 0.1) is 5.41 Å². The molecule has 0 aliphatic heterocycles. The fourth-order valence-electron chi connectivity index (χ4n) is 2.38. The van der Waals surface area contributed by atoms with E-state index in [-0.39, 0.29) is 0 Å². The summed E-state index contributed by atoms with van der Waals surface area (Å²) in [5.41, 5.74) is 2.42. The van der Waals surface area contributed by atoms with Crippen molar-refractivity contribution in [2.45, 2.75) is 18.3 Å². The van der Waals surface area contributed by atoms with Crippen LogP contribution in [0.5, 0.6) is 0 Å². The Kier molecular flexibility index (Phi) is 2.83. The smallest absolute Gasteiger partial charge is 0.314 e. The maximum Gasteiger partial charge on any atom is 0.314 e. The molecule has 3 rings (SSSR count). The van der Waals surface area contributed by atoms with E-state index in [0.717, 1.165) is 29.5 Å². The summed E-state index contributed by atoms with van der Waals surface area (Å²) in [5.74, 6) is -0.716. The normalized spacial score (nSPS) is 16.1. The predicted molar refractivity (Wildman–Crippen MR) is 75.4 cm³/mol. The first kappa shape index (κ1) is 12.2. The third-order valence-electron chi connectivity index (χ3n) is 3.77. The summed E-state index contributed by atoms with van der Waals surface area (Å²) in [7, 11) is 0. The third kappa shape index (κ3) is 2.13. The van der Waals surface area contributed by atoms with E-state index in [0.29, 0.717) is 5.02 Å². The number of halogens is 1. The molecule has 0 heterocycles. The molecule has 0 bridgehead atoms. The predicted octanol–water partition coefficient (Wildman–Crippen LogP) is 4.12. The fourth-order valence-corrected chi connectivity index (χ4v) is 2.50. The molecule has 2 aromatic rings. The second kappa shape index (κ2) is 4.39. The molecular weight excluding hydrogens is 260 g/mol. The summed E-state index contributed by atoms with van der Waals surface area (Å²) in [6.45, 7) is 0. The summed E-state index contributed by atoms with van der Waals surface area (Å²) in [5, 5.41) is 9.97. The Hall–Kier alpha value is -1.80. The van der Waals surface area contributed by atoms with Crippen LogP contribution in [-0.4, -0.2) is 11.1 Å². The van der Waals surface area contributed by atoms with Crippen molar-refractivity contribution in [3.05, 3.63) is 59.1 Å². The van der Waals surface area contributed by atoms with Crippen LogP contribution >= 0.6 is 11.6 Å². The quantitative estimate of drug-likeness (QED) is 0.912. The van der Waals surface area contributed by atoms with E-state index in [1.807, 2.05) is 48.5 Å². The van der Waals surface area contributed by atoms with Crippen LogP contribution in [0.15, 0.2) is 48.5 Å². The van der Waals surface area contributed by atoms with Gasteiger partial charge in [0.2, 0.25) is 0 Å². The van der Waals surface area contributed by atoms with Crippen LogP contribution in [0.25, 0.3) is 11.1 Å². The van der Waals surface area contributed by atoms with Gasteiger partial charge >= 0.3 is 5.97 Å². The molecule has 1 N–H and O–H groups in total. The van der Waals surface area contributed by atoms with Gasteiger partial charge < -0.3 is 5.11 Å². The molecule has 0 atom stereocenters. The molecule has 1 saturated carbocycles. The highest BCUT2D eigenvalue weighted by Crippen LogP contribution is 2.48. The summed E-state index contributed by atoms with van der Waals surface area (Å²) < 4.78 is 0. The van der Waals surface area contributed by atoms with Crippen molar-refractivity contribution >= 4 is 17.6 Å². The molecule has 1 fully saturated rings. The van der Waals surface area contributed by atoms with Gasteiger partial charge in [-0.2, -0.15) is 0 Å². The number of aliphatic carboxylic acids is 1. The lowest BCUT2D eigenvalue weighted by Crippen LogP contribution is -2.19. The van der Waals surface area contributed by atoms with Gasteiger partial charge in [-0.25, -0.2) is 0 Å². The van der Waals surface area contributed by atoms with E-state index in [1.165, 1.54) is 0 Å². The Bertz CT molecular complexity index is 610. The van der Waals surface area contributed by atoms with Gasteiger partial charge in [-0.1, -0.05) is 48.0 Å². The second-order valence-electron chi connectivity index (χ2n) is 4.97. The van der Waals surface area contributed by atoms with Crippen LogP contribution in [0.1, 0.15) is 18.4 Å². The van der Waals surface area contributed by atoms with Crippen LogP contribution in [0, 0.1) is 0 Å². The summed E-state index contributed by atoms with van der Waals surface area (Å²) >= 11 is 5.86. The number of rotatable bonds is 3. The van der Waals surface area contributed by atoms with Gasteiger partial charge in [0.1, 0.15) is 0 Å². The van der Waals surface area contributed by atoms with Crippen molar-refractivity contribution in [3.63, 3.8) is 0 Å². The largest absolute Gasteiger partial charge is 0.481 e. The van der Waals surface area contributed by atoms with Gasteiger partial charge in [0, 0.05) is 5.02 Å². The third-order valence-corrected chi connectivity index (χ3v) is 4.03. The van der Waals surface area contributed by atoms with Crippen molar-refractivity contribution in [3.8, 4) is 11.1 Å². The van der Waals surface area contributed by atoms with E-state index >= 15 is 0 Å². The molecule has 2 aromatic carbocycles. The molecular formula is C16H13ClO2. The molecule has 0 spiro atoms. The monoisotopic (exact) mass is 272 g/mol. The van der Waals surface area contributed by atoms with Crippen LogP contribution in [0.4, 0.5) is 0 Å². The zero-order chi connectivity index (χ0) is 13.5. The first-order valence-electron chi connectivity index (χ1n) is 6.22. The molecule has 0 saturated heterocycles. The Morgan fingerprint density at radius 2 is 1.42 bits per heavy atom. The van der Waals surface area contributed by atoms with Crippen molar-refractivity contribution < 1.29 is 9.90 Å². The van der Waals surface area contributed by atoms with E-state index in [2.05, 4.69) is 0 Å². The van der Waals surface area contributed by atoms with Gasteiger partial charge in [0.25, 0.3) is 0 Å². The highest BCUT2D eigenvalue weighted by atomic mass is 35.5. The van der Waals surface area contributed by atoms with Crippen molar-refractivity contribution in [1.82, 2.24) is 0 Å². The standard InChI is InChI=1S/C16H13ClO2/c17-14-7-3-12(4-8-14)11-1-5-13(6-2-11)16(9-10-16)15(18)19/h1-8H,9-10H2,(H,18,19). The van der Waals surface area contributed by atoms with E-state index in [9.17, 15) is 9.90 Å². The Morgan fingerprint density at radius 1 is 0.947 bits per heavy atom. The highest BCUT2D eigenvalue weighted by Gasteiger charge is 2.51. The fraction of sp³-hybridized carbons (Fsp3) is 0.188. The number of carboxylic acid groups (broad SMARTS) is 1. The molecule has 0 unspecified atom stereocenters. The Morgan fingerprint density at radius 3 is 1.84 bits per heavy atom. The first-order chi connectivity index (χ1) is 9.12. The minimum atomic E-state index is -0.716. The molecule has 3 heteroatoms. The van der Waals surface area contributed by atoms with Crippen LogP contribution in [-0.2, 0) is 10.2 Å². The molecule has 0 amide bonds. The van der Waals surface area contributed by atoms with Gasteiger partial charge in [-0.15, -0.1) is 0 Å². The van der Waals surface area contributed by atoms with Crippen LogP contribution in [0.3, 0.4) is 0 Å². The lowest BCUT2D eigenvalue weighted by atomic mass is 9.94. The molecule has 1 aliphatic rings. The van der Waals surface area contributed by atoms with Crippen LogP contribution < -0.4 is 0 Å². The number of hydrogen-bond donors (Lipinski definition) is 1. The lowest BCUT2D eigenvalue weighted by molar-refractivity contribution is -0.140. The SMILES string of the molecule is O=C(O)C1(c2ccc(-c3ccc(Cl)cc3)cc2)CC1. The van der Waals surface area contributed by atoms with Gasteiger partial charge in [0.15, 0.2) is 0 Å². The topological polar surface area (TPSA) is 37.3 Å². The Balaban J connectivity index is 1.91. The van der Waals surface area contributed by atoms with E-state index < -0.39 is 11.4 Å². The molecule has 1 aliphatic carbocycles. The Labute approximate surface area is 116 Å². The minimum Gasteiger partial charge on any atom is -0.481 e. The molecule has 96 valence electrons. The first-order valence-corrected chi connectivity index (χ1v) is 6.59. The highest BCUT2D eigenvalue weighted by molar-refractivity contribution is 6.30. The number of carboxylic acids is 1. The number of benzene rings is 2. The van der Waals surface area contributed by atoms with Crippen molar-refractivity contribution in [2.24, 2.45) is 0 Å². The molecule has 0 radical (unpaired) electrons. The van der Waals surface area contributed by atoms with E-state index in [4.69, 9.17) is 11.6 Å². The second-order valence-corrected chi connectivity index (χ2v) is 5.41. The lowest BCUT2D eigenvalue weighted by Gasteiger charge is -2.11. The summed E-state index contributed by atoms with van der Waals surface area (Å²) in [6, 6.07) is 15.4. The average Bonchev–Trinajstić information content (AvgIpc) is 3.21. The van der Waals surface area contributed by atoms with Crippen molar-refractivity contribution in [1.29, 1.82) is 0 Å². The molecule has 19 heavy (non-hydrogen) atoms. The summed E-state index contributed by atoms with van der Waals surface area (Å²) in [6.07, 6.45) is 1.48. The maximum absolute atomic E-state index is 11.3. The van der Waals surface area contributed by atoms with Crippen LogP contribution in [0.2, 0.25) is 5.02 Å². The molecule has 2 nitrogen and oxygen atoms in total. The van der Waals surface area contributed by atoms with E-state index in [1.54, 1.807) is 0 Å². The zero-order valence-electron chi connectivity index (χ0n) is 10.3.